The van der Waals surface area contributed by atoms with E-state index in [2.05, 4.69) is 0 Å². The van der Waals surface area contributed by atoms with Crippen molar-refractivity contribution >= 4 is 11.0 Å². The van der Waals surface area contributed by atoms with E-state index in [1.165, 1.54) is 18.2 Å². The molecule has 0 amide bonds. The first-order chi connectivity index (χ1) is 8.60. The minimum absolute atomic E-state index is 0.0675. The molecule has 0 aliphatic heterocycles. The van der Waals surface area contributed by atoms with E-state index in [0.717, 1.165) is 0 Å². The van der Waals surface area contributed by atoms with Gasteiger partial charge in [0, 0.05) is 23.9 Å². The first-order valence-corrected chi connectivity index (χ1v) is 5.59. The maximum atomic E-state index is 12.2. The monoisotopic (exact) mass is 252 g/mol. The summed E-state index contributed by atoms with van der Waals surface area (Å²) in [6.45, 7) is 1.20. The molecule has 2 rings (SSSR count). The fourth-order valence-electron chi connectivity index (χ4n) is 1.61. The summed E-state index contributed by atoms with van der Waals surface area (Å²) in [7, 11) is 0. The summed E-state index contributed by atoms with van der Waals surface area (Å²) in [5.41, 5.74) is -0.154. The zero-order valence-corrected chi connectivity index (χ0v) is 9.85. The molecule has 18 heavy (non-hydrogen) atoms. The van der Waals surface area contributed by atoms with Gasteiger partial charge in [0.1, 0.15) is 5.58 Å². The van der Waals surface area contributed by atoms with Gasteiger partial charge in [-0.1, -0.05) is 0 Å². The Kier molecular flexibility index (Phi) is 3.50. The Hall–Kier alpha value is -2.04. The number of rotatable bonds is 4. The van der Waals surface area contributed by atoms with Crippen LogP contribution in [0.3, 0.4) is 0 Å². The molecular formula is C13H13FO4. The molecule has 1 aromatic carbocycles. The standard InChI is InChI=1S/C13H13FO4/c1-8(4-5-14)17-12-7-11-9(6-10(12)15)2-3-13(16)18-11/h2-3,6-8,15H,4-5H2,1H3. The lowest BCUT2D eigenvalue weighted by Crippen LogP contribution is -2.12. The molecule has 96 valence electrons. The molecule has 1 atom stereocenters. The Labute approximate surface area is 103 Å². The first-order valence-electron chi connectivity index (χ1n) is 5.59. The third-order valence-corrected chi connectivity index (χ3v) is 2.54. The quantitative estimate of drug-likeness (QED) is 0.850. The van der Waals surface area contributed by atoms with Gasteiger partial charge in [0.05, 0.1) is 12.8 Å². The van der Waals surface area contributed by atoms with Gasteiger partial charge in [-0.05, 0) is 19.1 Å². The highest BCUT2D eigenvalue weighted by molar-refractivity contribution is 5.80. The van der Waals surface area contributed by atoms with Crippen LogP contribution in [-0.2, 0) is 0 Å². The lowest BCUT2D eigenvalue weighted by atomic mass is 10.2. The van der Waals surface area contributed by atoms with Gasteiger partial charge >= 0.3 is 5.63 Å². The molecular weight excluding hydrogens is 239 g/mol. The highest BCUT2D eigenvalue weighted by atomic mass is 19.1. The van der Waals surface area contributed by atoms with E-state index >= 15 is 0 Å². The SMILES string of the molecule is CC(CCF)Oc1cc2oc(=O)ccc2cc1O. The largest absolute Gasteiger partial charge is 0.504 e. The predicted molar refractivity (Wildman–Crippen MR) is 64.8 cm³/mol. The average molecular weight is 252 g/mol. The third-order valence-electron chi connectivity index (χ3n) is 2.54. The summed E-state index contributed by atoms with van der Waals surface area (Å²) in [4.78, 5) is 11.1. The Morgan fingerprint density at radius 2 is 2.22 bits per heavy atom. The molecule has 1 heterocycles. The molecule has 4 nitrogen and oxygen atoms in total. The van der Waals surface area contributed by atoms with Crippen LogP contribution in [0.5, 0.6) is 11.5 Å². The van der Waals surface area contributed by atoms with E-state index in [4.69, 9.17) is 9.15 Å². The van der Waals surface area contributed by atoms with E-state index in [1.807, 2.05) is 0 Å². The van der Waals surface area contributed by atoms with Crippen molar-refractivity contribution in [3.05, 3.63) is 34.7 Å². The first kappa shape index (κ1) is 12.4. The second-order valence-corrected chi connectivity index (χ2v) is 4.02. The zero-order chi connectivity index (χ0) is 13.1. The normalized spacial score (nSPS) is 12.6. The van der Waals surface area contributed by atoms with Gasteiger partial charge in [-0.3, -0.25) is 4.39 Å². The Balaban J connectivity index is 2.38. The number of benzene rings is 1. The summed E-state index contributed by atoms with van der Waals surface area (Å²) in [5.74, 6) is 0.111. The van der Waals surface area contributed by atoms with E-state index < -0.39 is 12.3 Å². The van der Waals surface area contributed by atoms with Crippen LogP contribution in [0.15, 0.2) is 33.5 Å². The van der Waals surface area contributed by atoms with E-state index in [1.54, 1.807) is 13.0 Å². The highest BCUT2D eigenvalue weighted by Gasteiger charge is 2.10. The number of ether oxygens (including phenoxy) is 1. The van der Waals surface area contributed by atoms with Crippen LogP contribution in [0.4, 0.5) is 4.39 Å². The predicted octanol–water partition coefficient (Wildman–Crippen LogP) is 2.63. The molecule has 0 radical (unpaired) electrons. The maximum Gasteiger partial charge on any atom is 0.336 e. The molecule has 1 aromatic heterocycles. The van der Waals surface area contributed by atoms with Gasteiger partial charge in [0.15, 0.2) is 11.5 Å². The van der Waals surface area contributed by atoms with Crippen LogP contribution in [-0.4, -0.2) is 17.9 Å². The topological polar surface area (TPSA) is 59.7 Å². The smallest absolute Gasteiger partial charge is 0.336 e. The maximum absolute atomic E-state index is 12.2. The lowest BCUT2D eigenvalue weighted by molar-refractivity contribution is 0.190. The van der Waals surface area contributed by atoms with Crippen LogP contribution >= 0.6 is 0 Å². The zero-order valence-electron chi connectivity index (χ0n) is 9.85. The molecule has 0 saturated heterocycles. The summed E-state index contributed by atoms with van der Waals surface area (Å²) in [6, 6.07) is 5.69. The van der Waals surface area contributed by atoms with Gasteiger partial charge in [-0.25, -0.2) is 4.79 Å². The van der Waals surface area contributed by atoms with Crippen molar-refractivity contribution in [2.45, 2.75) is 19.4 Å². The van der Waals surface area contributed by atoms with Crippen molar-refractivity contribution in [3.8, 4) is 11.5 Å². The second-order valence-electron chi connectivity index (χ2n) is 4.02. The van der Waals surface area contributed by atoms with Crippen molar-refractivity contribution in [2.24, 2.45) is 0 Å². The fraction of sp³-hybridized carbons (Fsp3) is 0.308. The van der Waals surface area contributed by atoms with Crippen LogP contribution in [0, 0.1) is 0 Å². The second kappa shape index (κ2) is 5.08. The highest BCUT2D eigenvalue weighted by Crippen LogP contribution is 2.31. The average Bonchev–Trinajstić information content (AvgIpc) is 2.31. The molecule has 0 aliphatic rings. The number of aromatic hydroxyl groups is 1. The molecule has 1 N–H and O–H groups in total. The Morgan fingerprint density at radius 3 is 2.94 bits per heavy atom. The Morgan fingerprint density at radius 1 is 1.44 bits per heavy atom. The van der Waals surface area contributed by atoms with Crippen molar-refractivity contribution in [2.75, 3.05) is 6.67 Å². The number of phenolic OH excluding ortho intramolecular Hbond substituents is 1. The van der Waals surface area contributed by atoms with Crippen molar-refractivity contribution in [1.29, 1.82) is 0 Å². The summed E-state index contributed by atoms with van der Waals surface area (Å²) in [6.07, 6.45) is -0.135. The van der Waals surface area contributed by atoms with Crippen LogP contribution in [0.1, 0.15) is 13.3 Å². The molecule has 1 unspecified atom stereocenters. The molecule has 0 fully saturated rings. The number of fused-ring (bicyclic) bond motifs is 1. The number of halogens is 1. The van der Waals surface area contributed by atoms with Crippen LogP contribution in [0.2, 0.25) is 0 Å². The third kappa shape index (κ3) is 2.61. The lowest BCUT2D eigenvalue weighted by Gasteiger charge is -2.14. The number of hydrogen-bond donors (Lipinski definition) is 1. The minimum atomic E-state index is -0.495. The molecule has 5 heteroatoms. The fourth-order valence-corrected chi connectivity index (χ4v) is 1.61. The van der Waals surface area contributed by atoms with Crippen LogP contribution in [0.25, 0.3) is 11.0 Å². The van der Waals surface area contributed by atoms with Gasteiger partial charge in [-0.2, -0.15) is 0 Å². The molecule has 0 bridgehead atoms. The molecule has 0 aliphatic carbocycles. The van der Waals surface area contributed by atoms with Crippen molar-refractivity contribution < 1.29 is 18.7 Å². The number of hydrogen-bond acceptors (Lipinski definition) is 4. The van der Waals surface area contributed by atoms with Crippen LogP contribution < -0.4 is 10.4 Å². The van der Waals surface area contributed by atoms with Crippen molar-refractivity contribution in [1.82, 2.24) is 0 Å². The summed E-state index contributed by atoms with van der Waals surface area (Å²) < 4.78 is 22.5. The van der Waals surface area contributed by atoms with E-state index in [-0.39, 0.29) is 24.0 Å². The Bertz CT molecular complexity index is 605. The van der Waals surface area contributed by atoms with E-state index in [9.17, 15) is 14.3 Å². The molecule has 0 saturated carbocycles. The molecule has 2 aromatic rings. The summed E-state index contributed by atoms with van der Waals surface area (Å²) >= 11 is 0. The number of alkyl halides is 1. The van der Waals surface area contributed by atoms with Gasteiger partial charge < -0.3 is 14.3 Å². The summed E-state index contributed by atoms with van der Waals surface area (Å²) in [5, 5.41) is 10.4. The van der Waals surface area contributed by atoms with Gasteiger partial charge in [-0.15, -0.1) is 0 Å². The van der Waals surface area contributed by atoms with Crippen molar-refractivity contribution in [3.63, 3.8) is 0 Å². The van der Waals surface area contributed by atoms with E-state index in [0.29, 0.717) is 11.0 Å². The van der Waals surface area contributed by atoms with Gasteiger partial charge in [0.25, 0.3) is 0 Å². The number of phenols is 1. The minimum Gasteiger partial charge on any atom is -0.504 e. The van der Waals surface area contributed by atoms with Gasteiger partial charge in [0.2, 0.25) is 0 Å². The molecule has 0 spiro atoms.